The number of carbonyl (C=O) groups excluding carboxylic acids is 1. The number of nitrogens with zero attached hydrogens (tertiary/aromatic N) is 1. The Hall–Kier alpha value is -2.04. The molecule has 2 N–H and O–H groups in total. The van der Waals surface area contributed by atoms with Gasteiger partial charge < -0.3 is 15.3 Å². The number of nitrogens with one attached hydrogen (secondary N) is 1. The van der Waals surface area contributed by atoms with Crippen molar-refractivity contribution in [1.29, 1.82) is 0 Å². The van der Waals surface area contributed by atoms with Gasteiger partial charge in [0.1, 0.15) is 5.60 Å². The lowest BCUT2D eigenvalue weighted by atomic mass is 10.1. The minimum absolute atomic E-state index is 0.415. The SMILES string of the molecule is CC(C)(C)OC(=O)N[C@H](C=NO)Cc1ccccc1. The van der Waals surface area contributed by atoms with E-state index in [0.29, 0.717) is 6.42 Å². The molecule has 5 heteroatoms. The van der Waals surface area contributed by atoms with Crippen molar-refractivity contribution >= 4 is 12.3 Å². The van der Waals surface area contributed by atoms with Gasteiger partial charge in [0.25, 0.3) is 0 Å². The molecule has 0 unspecified atom stereocenters. The van der Waals surface area contributed by atoms with E-state index in [2.05, 4.69) is 10.5 Å². The van der Waals surface area contributed by atoms with E-state index >= 15 is 0 Å². The molecule has 0 fully saturated rings. The van der Waals surface area contributed by atoms with Gasteiger partial charge in [0, 0.05) is 0 Å². The largest absolute Gasteiger partial charge is 0.444 e. The van der Waals surface area contributed by atoms with Crippen LogP contribution < -0.4 is 5.32 Å². The van der Waals surface area contributed by atoms with Crippen LogP contribution in [0.2, 0.25) is 0 Å². The number of rotatable bonds is 4. The van der Waals surface area contributed by atoms with Crippen LogP contribution in [0.5, 0.6) is 0 Å². The highest BCUT2D eigenvalue weighted by atomic mass is 16.6. The summed E-state index contributed by atoms with van der Waals surface area (Å²) in [4.78, 5) is 11.7. The molecular weight excluding hydrogens is 244 g/mol. The highest BCUT2D eigenvalue weighted by Crippen LogP contribution is 2.08. The normalized spacial score (nSPS) is 13.2. The van der Waals surface area contributed by atoms with E-state index in [-0.39, 0.29) is 0 Å². The summed E-state index contributed by atoms with van der Waals surface area (Å²) in [5.41, 5.74) is 0.473. The fourth-order valence-corrected chi connectivity index (χ4v) is 1.55. The average Bonchev–Trinajstić information content (AvgIpc) is 2.27. The van der Waals surface area contributed by atoms with Crippen LogP contribution >= 0.6 is 0 Å². The van der Waals surface area contributed by atoms with E-state index in [9.17, 15) is 4.79 Å². The van der Waals surface area contributed by atoms with Gasteiger partial charge in [-0.3, -0.25) is 0 Å². The van der Waals surface area contributed by atoms with Crippen molar-refractivity contribution in [3.05, 3.63) is 35.9 Å². The molecule has 1 rings (SSSR count). The smallest absolute Gasteiger partial charge is 0.408 e. The zero-order valence-electron chi connectivity index (χ0n) is 11.5. The van der Waals surface area contributed by atoms with Crippen molar-refractivity contribution in [2.24, 2.45) is 5.16 Å². The van der Waals surface area contributed by atoms with Crippen molar-refractivity contribution in [2.45, 2.75) is 38.8 Å². The minimum Gasteiger partial charge on any atom is -0.444 e. The van der Waals surface area contributed by atoms with Gasteiger partial charge in [0.05, 0.1) is 12.3 Å². The van der Waals surface area contributed by atoms with Crippen LogP contribution in [0.1, 0.15) is 26.3 Å². The molecule has 0 heterocycles. The van der Waals surface area contributed by atoms with E-state index in [0.717, 1.165) is 5.56 Å². The Morgan fingerprint density at radius 1 is 1.42 bits per heavy atom. The Morgan fingerprint density at radius 3 is 2.58 bits per heavy atom. The average molecular weight is 264 g/mol. The highest BCUT2D eigenvalue weighted by molar-refractivity contribution is 5.75. The first-order valence-corrected chi connectivity index (χ1v) is 6.12. The van der Waals surface area contributed by atoms with E-state index in [1.807, 2.05) is 30.3 Å². The molecule has 0 radical (unpaired) electrons. The Bertz CT molecular complexity index is 424. The lowest BCUT2D eigenvalue weighted by Gasteiger charge is -2.22. The lowest BCUT2D eigenvalue weighted by Crippen LogP contribution is -2.41. The number of hydrogen-bond donors (Lipinski definition) is 2. The Morgan fingerprint density at radius 2 is 2.05 bits per heavy atom. The number of carbonyl (C=O) groups is 1. The molecule has 0 bridgehead atoms. The van der Waals surface area contributed by atoms with Gasteiger partial charge in [-0.15, -0.1) is 0 Å². The van der Waals surface area contributed by atoms with E-state index < -0.39 is 17.7 Å². The quantitative estimate of drug-likeness (QED) is 0.499. The number of alkyl carbamates (subject to hydrolysis) is 1. The van der Waals surface area contributed by atoms with Gasteiger partial charge in [-0.25, -0.2) is 4.79 Å². The third-order valence-electron chi connectivity index (χ3n) is 2.25. The molecule has 104 valence electrons. The second-order valence-corrected chi connectivity index (χ2v) is 5.21. The van der Waals surface area contributed by atoms with Crippen molar-refractivity contribution in [1.82, 2.24) is 5.32 Å². The molecule has 5 nitrogen and oxygen atoms in total. The van der Waals surface area contributed by atoms with Crippen LogP contribution in [-0.2, 0) is 11.2 Å². The molecule has 0 aromatic heterocycles. The van der Waals surface area contributed by atoms with Crippen LogP contribution in [0.4, 0.5) is 4.79 Å². The standard InChI is InChI=1S/C14H20N2O3/c1-14(2,3)19-13(17)16-12(10-15-18)9-11-7-5-4-6-8-11/h4-8,10,12,18H,9H2,1-3H3,(H,16,17)/t12-/m0/s1. The third kappa shape index (κ3) is 6.45. The van der Waals surface area contributed by atoms with E-state index in [1.165, 1.54) is 6.21 Å². The summed E-state index contributed by atoms with van der Waals surface area (Å²) in [6.45, 7) is 5.37. The van der Waals surface area contributed by atoms with Crippen LogP contribution in [0.15, 0.2) is 35.5 Å². The van der Waals surface area contributed by atoms with Crippen LogP contribution in [0, 0.1) is 0 Å². The molecule has 0 saturated carbocycles. The monoisotopic (exact) mass is 264 g/mol. The predicted molar refractivity (Wildman–Crippen MR) is 73.6 cm³/mol. The lowest BCUT2D eigenvalue weighted by molar-refractivity contribution is 0.0518. The summed E-state index contributed by atoms with van der Waals surface area (Å²) >= 11 is 0. The summed E-state index contributed by atoms with van der Waals surface area (Å²) in [6, 6.07) is 9.21. The van der Waals surface area contributed by atoms with Gasteiger partial charge in [-0.05, 0) is 32.8 Å². The Kier molecular flexibility index (Phi) is 5.36. The fourth-order valence-electron chi connectivity index (χ4n) is 1.55. The van der Waals surface area contributed by atoms with Gasteiger partial charge in [-0.1, -0.05) is 35.5 Å². The Labute approximate surface area is 113 Å². The summed E-state index contributed by atoms with van der Waals surface area (Å²) in [6.07, 6.45) is 1.27. The Balaban J connectivity index is 2.61. The fraction of sp³-hybridized carbons (Fsp3) is 0.429. The summed E-state index contributed by atoms with van der Waals surface area (Å²) in [5.74, 6) is 0. The first kappa shape index (κ1) is 15.0. The molecule has 1 atom stereocenters. The number of hydrogen-bond acceptors (Lipinski definition) is 4. The number of oxime groups is 1. The zero-order chi connectivity index (χ0) is 14.3. The summed E-state index contributed by atoms with van der Waals surface area (Å²) < 4.78 is 5.16. The highest BCUT2D eigenvalue weighted by Gasteiger charge is 2.18. The number of ether oxygens (including phenoxy) is 1. The molecule has 0 aliphatic rings. The van der Waals surface area contributed by atoms with Gasteiger partial charge in [-0.2, -0.15) is 0 Å². The molecule has 0 aliphatic heterocycles. The van der Waals surface area contributed by atoms with Crippen molar-refractivity contribution < 1.29 is 14.7 Å². The maximum Gasteiger partial charge on any atom is 0.408 e. The van der Waals surface area contributed by atoms with Crippen molar-refractivity contribution in [2.75, 3.05) is 0 Å². The molecule has 0 spiro atoms. The van der Waals surface area contributed by atoms with Gasteiger partial charge in [0.15, 0.2) is 0 Å². The topological polar surface area (TPSA) is 70.9 Å². The van der Waals surface area contributed by atoms with Crippen molar-refractivity contribution in [3.8, 4) is 0 Å². The molecule has 0 saturated heterocycles. The van der Waals surface area contributed by atoms with Crippen LogP contribution in [0.25, 0.3) is 0 Å². The second-order valence-electron chi connectivity index (χ2n) is 5.21. The molecular formula is C14H20N2O3. The molecule has 1 amide bonds. The molecule has 1 aromatic carbocycles. The predicted octanol–water partition coefficient (Wildman–Crippen LogP) is 2.58. The maximum atomic E-state index is 11.7. The van der Waals surface area contributed by atoms with Gasteiger partial charge in [0.2, 0.25) is 0 Å². The van der Waals surface area contributed by atoms with Crippen LogP contribution in [0.3, 0.4) is 0 Å². The van der Waals surface area contributed by atoms with E-state index in [1.54, 1.807) is 20.8 Å². The number of amides is 1. The maximum absolute atomic E-state index is 11.7. The third-order valence-corrected chi connectivity index (χ3v) is 2.25. The first-order valence-electron chi connectivity index (χ1n) is 6.12. The molecule has 1 aromatic rings. The zero-order valence-corrected chi connectivity index (χ0v) is 11.5. The number of benzene rings is 1. The minimum atomic E-state index is -0.558. The van der Waals surface area contributed by atoms with Crippen LogP contribution in [-0.4, -0.2) is 29.2 Å². The first-order chi connectivity index (χ1) is 8.90. The molecule has 19 heavy (non-hydrogen) atoms. The second kappa shape index (κ2) is 6.78. The summed E-state index contributed by atoms with van der Waals surface area (Å²) in [5, 5.41) is 14.3. The van der Waals surface area contributed by atoms with Gasteiger partial charge >= 0.3 is 6.09 Å². The van der Waals surface area contributed by atoms with Crippen molar-refractivity contribution in [3.63, 3.8) is 0 Å². The van der Waals surface area contributed by atoms with E-state index in [4.69, 9.17) is 9.94 Å². The molecule has 0 aliphatic carbocycles. The summed E-state index contributed by atoms with van der Waals surface area (Å²) in [7, 11) is 0.